The summed E-state index contributed by atoms with van der Waals surface area (Å²) in [4.78, 5) is 0. The van der Waals surface area contributed by atoms with E-state index >= 15 is 0 Å². The molecule has 3 aromatic carbocycles. The van der Waals surface area contributed by atoms with Crippen molar-refractivity contribution in [2.75, 3.05) is 0 Å². The molecular formula is C25H17F2N2O+. The summed E-state index contributed by atoms with van der Waals surface area (Å²) in [5, 5.41) is 3.26. The zero-order valence-corrected chi connectivity index (χ0v) is 16.4. The minimum Gasteiger partial charge on any atom is -0.456 e. The smallest absolute Gasteiger partial charge is 0.294 e. The van der Waals surface area contributed by atoms with E-state index in [4.69, 9.17) is 4.42 Å². The molecule has 3 aromatic heterocycles. The Labute approximate surface area is 170 Å². The lowest BCUT2D eigenvalue weighted by Gasteiger charge is -2.06. The van der Waals surface area contributed by atoms with Gasteiger partial charge in [0.1, 0.15) is 34.0 Å². The van der Waals surface area contributed by atoms with E-state index in [2.05, 4.69) is 27.3 Å². The van der Waals surface area contributed by atoms with E-state index in [1.54, 1.807) is 0 Å². The Morgan fingerprint density at radius 3 is 2.53 bits per heavy atom. The number of benzene rings is 3. The molecular weight excluding hydrogens is 382 g/mol. The van der Waals surface area contributed by atoms with Gasteiger partial charge in [-0.3, -0.25) is 0 Å². The van der Waals surface area contributed by atoms with Gasteiger partial charge in [0.2, 0.25) is 0 Å². The van der Waals surface area contributed by atoms with Gasteiger partial charge >= 0.3 is 0 Å². The van der Waals surface area contributed by atoms with Crippen LogP contribution in [-0.4, -0.2) is 4.57 Å². The third-order valence-corrected chi connectivity index (χ3v) is 5.84. The fourth-order valence-electron chi connectivity index (χ4n) is 4.55. The minimum absolute atomic E-state index is 0.215. The van der Waals surface area contributed by atoms with E-state index < -0.39 is 11.6 Å². The van der Waals surface area contributed by atoms with Crippen molar-refractivity contribution in [1.82, 2.24) is 4.57 Å². The fraction of sp³-hybridized carbons (Fsp3) is 0.0800. The summed E-state index contributed by atoms with van der Waals surface area (Å²) in [6.07, 6.45) is 2.02. The van der Waals surface area contributed by atoms with Gasteiger partial charge in [-0.25, -0.2) is 13.3 Å². The maximum atomic E-state index is 14.5. The van der Waals surface area contributed by atoms with E-state index in [1.165, 1.54) is 6.07 Å². The molecule has 30 heavy (non-hydrogen) atoms. The summed E-state index contributed by atoms with van der Waals surface area (Å²) < 4.78 is 38.3. The number of furan rings is 1. The molecule has 6 rings (SSSR count). The number of para-hydroxylation sites is 1. The van der Waals surface area contributed by atoms with Crippen LogP contribution in [-0.2, 0) is 7.05 Å². The predicted molar refractivity (Wildman–Crippen MR) is 114 cm³/mol. The summed E-state index contributed by atoms with van der Waals surface area (Å²) in [5.74, 6) is -1.26. The molecule has 0 radical (unpaired) electrons. The molecule has 6 aromatic rings. The van der Waals surface area contributed by atoms with Gasteiger partial charge in [-0.2, -0.15) is 4.57 Å². The molecule has 0 amide bonds. The van der Waals surface area contributed by atoms with Crippen LogP contribution in [0.25, 0.3) is 49.6 Å². The van der Waals surface area contributed by atoms with Crippen molar-refractivity contribution in [3.8, 4) is 5.69 Å². The van der Waals surface area contributed by atoms with Gasteiger partial charge in [-0.15, -0.1) is 0 Å². The first-order valence-electron chi connectivity index (χ1n) is 9.73. The number of fused-ring (bicyclic) bond motifs is 6. The normalized spacial score (nSPS) is 12.0. The van der Waals surface area contributed by atoms with Crippen LogP contribution in [0.4, 0.5) is 8.78 Å². The number of aryl methyl sites for hydroxylation is 2. The second kappa shape index (κ2) is 5.89. The van der Waals surface area contributed by atoms with Gasteiger partial charge in [0.15, 0.2) is 0 Å². The van der Waals surface area contributed by atoms with Crippen LogP contribution in [0, 0.1) is 18.6 Å². The largest absolute Gasteiger partial charge is 0.456 e. The summed E-state index contributed by atoms with van der Waals surface area (Å²) in [7, 11) is 2.02. The fourth-order valence-corrected chi connectivity index (χ4v) is 4.55. The van der Waals surface area contributed by atoms with Crippen LogP contribution in [0.3, 0.4) is 0 Å². The number of hydrogen-bond acceptors (Lipinski definition) is 1. The number of nitrogens with zero attached hydrogens (tertiary/aromatic N) is 2. The van der Waals surface area contributed by atoms with Gasteiger partial charge in [-0.05, 0) is 42.8 Å². The first kappa shape index (κ1) is 17.2. The number of hydrogen-bond donors (Lipinski definition) is 0. The second-order valence-electron chi connectivity index (χ2n) is 7.71. The Kier molecular flexibility index (Phi) is 3.37. The van der Waals surface area contributed by atoms with Crippen LogP contribution in [0.5, 0.6) is 0 Å². The van der Waals surface area contributed by atoms with Crippen LogP contribution >= 0.6 is 0 Å². The van der Waals surface area contributed by atoms with Crippen molar-refractivity contribution >= 4 is 43.9 Å². The lowest BCUT2D eigenvalue weighted by molar-refractivity contribution is -0.647. The minimum atomic E-state index is -0.648. The van der Waals surface area contributed by atoms with Crippen LogP contribution in [0.15, 0.2) is 71.3 Å². The van der Waals surface area contributed by atoms with Crippen molar-refractivity contribution in [3.05, 3.63) is 84.1 Å². The SMILES string of the molecule is Cc1cc2c(cc1-n1c3ccccc3c3ccc[n+](C)c31)oc1cc(F)cc(F)c12. The molecule has 0 bridgehead atoms. The molecule has 0 N–H and O–H groups in total. The lowest BCUT2D eigenvalue weighted by atomic mass is 10.1. The Balaban J connectivity index is 1.77. The van der Waals surface area contributed by atoms with E-state index in [-0.39, 0.29) is 5.58 Å². The van der Waals surface area contributed by atoms with E-state index in [0.717, 1.165) is 39.3 Å². The second-order valence-corrected chi connectivity index (χ2v) is 7.71. The summed E-state index contributed by atoms with van der Waals surface area (Å²) in [6, 6.07) is 18.4. The van der Waals surface area contributed by atoms with E-state index in [1.807, 2.05) is 50.5 Å². The molecule has 146 valence electrons. The van der Waals surface area contributed by atoms with Crippen LogP contribution in [0.2, 0.25) is 0 Å². The van der Waals surface area contributed by atoms with Gasteiger partial charge in [0.05, 0.1) is 24.0 Å². The van der Waals surface area contributed by atoms with Crippen molar-refractivity contribution in [2.24, 2.45) is 7.05 Å². The van der Waals surface area contributed by atoms with Crippen molar-refractivity contribution in [2.45, 2.75) is 6.92 Å². The van der Waals surface area contributed by atoms with Crippen LogP contribution in [0.1, 0.15) is 5.56 Å². The highest BCUT2D eigenvalue weighted by Gasteiger charge is 2.24. The first-order chi connectivity index (χ1) is 14.5. The molecule has 0 aliphatic heterocycles. The highest BCUT2D eigenvalue weighted by Crippen LogP contribution is 2.37. The quantitative estimate of drug-likeness (QED) is 0.307. The molecule has 0 aliphatic rings. The van der Waals surface area contributed by atoms with Crippen LogP contribution < -0.4 is 4.57 Å². The number of halogens is 2. The lowest BCUT2D eigenvalue weighted by Crippen LogP contribution is -2.30. The monoisotopic (exact) mass is 399 g/mol. The average Bonchev–Trinajstić information content (AvgIpc) is 3.23. The highest BCUT2D eigenvalue weighted by molar-refractivity contribution is 6.09. The summed E-state index contributed by atoms with van der Waals surface area (Å²) in [6.45, 7) is 2.00. The molecule has 0 saturated heterocycles. The third-order valence-electron chi connectivity index (χ3n) is 5.84. The Morgan fingerprint density at radius 1 is 0.867 bits per heavy atom. The topological polar surface area (TPSA) is 21.9 Å². The number of pyridine rings is 1. The molecule has 5 heteroatoms. The zero-order chi connectivity index (χ0) is 20.6. The zero-order valence-electron chi connectivity index (χ0n) is 16.4. The van der Waals surface area contributed by atoms with Crippen molar-refractivity contribution < 1.29 is 17.8 Å². The van der Waals surface area contributed by atoms with E-state index in [0.29, 0.717) is 16.4 Å². The Bertz CT molecular complexity index is 1640. The van der Waals surface area contributed by atoms with Gasteiger partial charge in [0.25, 0.3) is 5.65 Å². The summed E-state index contributed by atoms with van der Waals surface area (Å²) in [5.41, 5.74) is 4.78. The number of rotatable bonds is 1. The maximum Gasteiger partial charge on any atom is 0.294 e. The van der Waals surface area contributed by atoms with Crippen molar-refractivity contribution in [1.29, 1.82) is 0 Å². The predicted octanol–water partition coefficient (Wildman–Crippen LogP) is 6.09. The first-order valence-corrected chi connectivity index (χ1v) is 9.73. The standard InChI is InChI=1S/C25H17F2N2O/c1-14-10-18-22(30-23-12-15(26)11-19(27)24(18)23)13-21(14)29-20-8-4-3-6-16(20)17-7-5-9-28(2)25(17)29/h3-13H,1-2H3/q+1. The molecule has 0 atom stereocenters. The van der Waals surface area contributed by atoms with Gasteiger partial charge in [0, 0.05) is 29.0 Å². The molecule has 0 saturated carbocycles. The van der Waals surface area contributed by atoms with Gasteiger partial charge < -0.3 is 4.42 Å². The molecule has 0 aliphatic carbocycles. The third kappa shape index (κ3) is 2.20. The van der Waals surface area contributed by atoms with E-state index in [9.17, 15) is 8.78 Å². The van der Waals surface area contributed by atoms with Gasteiger partial charge in [-0.1, -0.05) is 12.1 Å². The summed E-state index contributed by atoms with van der Waals surface area (Å²) >= 11 is 0. The average molecular weight is 399 g/mol. The Morgan fingerprint density at radius 2 is 1.67 bits per heavy atom. The molecule has 0 fully saturated rings. The number of aromatic nitrogens is 2. The Hall–Kier alpha value is -3.73. The van der Waals surface area contributed by atoms with Crippen molar-refractivity contribution in [3.63, 3.8) is 0 Å². The molecule has 0 spiro atoms. The molecule has 3 heterocycles. The maximum absolute atomic E-state index is 14.5. The highest BCUT2D eigenvalue weighted by atomic mass is 19.1. The molecule has 0 unspecified atom stereocenters. The molecule has 3 nitrogen and oxygen atoms in total.